The minimum atomic E-state index is -4.14. The number of ether oxygens (including phenoxy) is 2. The molecule has 0 heterocycles. The number of hydrogen-bond donors (Lipinski definition) is 1. The summed E-state index contributed by atoms with van der Waals surface area (Å²) in [5, 5.41) is 0. The minimum absolute atomic E-state index is 0.0301. The molecule has 0 radical (unpaired) electrons. The molecule has 200 valence electrons. The first-order chi connectivity index (χ1) is 18.8. The van der Waals surface area contributed by atoms with Gasteiger partial charge in [-0.25, -0.2) is 0 Å². The van der Waals surface area contributed by atoms with E-state index >= 15 is 0 Å². The lowest BCUT2D eigenvalue weighted by molar-refractivity contribution is -0.155. The summed E-state index contributed by atoms with van der Waals surface area (Å²) in [5.74, 6) is -2.93. The van der Waals surface area contributed by atoms with Crippen molar-refractivity contribution in [1.29, 1.82) is 0 Å². The molecule has 0 amide bonds. The highest BCUT2D eigenvalue weighted by Gasteiger charge is 2.35. The summed E-state index contributed by atoms with van der Waals surface area (Å²) in [4.78, 5) is 26.2. The van der Waals surface area contributed by atoms with Gasteiger partial charge in [0, 0.05) is 0 Å². The van der Waals surface area contributed by atoms with Crippen molar-refractivity contribution < 1.29 is 31.7 Å². The van der Waals surface area contributed by atoms with Crippen LogP contribution in [0.4, 0.5) is 0 Å². The second-order valence-corrected chi connectivity index (χ2v) is 10.2. The van der Waals surface area contributed by atoms with E-state index in [9.17, 15) is 18.0 Å². The lowest BCUT2D eigenvalue weighted by Crippen LogP contribution is -2.42. The van der Waals surface area contributed by atoms with Crippen LogP contribution in [0.3, 0.4) is 0 Å². The van der Waals surface area contributed by atoms with Crippen molar-refractivity contribution in [3.8, 4) is 5.75 Å². The molecule has 4 aromatic rings. The van der Waals surface area contributed by atoms with E-state index in [1.165, 1.54) is 30.3 Å². The quantitative estimate of drug-likeness (QED) is 0.218. The molecule has 0 aromatic heterocycles. The zero-order chi connectivity index (χ0) is 27.7. The fourth-order valence-corrected chi connectivity index (χ4v) is 4.74. The first-order valence-corrected chi connectivity index (χ1v) is 13.5. The summed E-state index contributed by atoms with van der Waals surface area (Å²) in [7, 11) is -4.14. The summed E-state index contributed by atoms with van der Waals surface area (Å²) in [6, 6.07) is 30.1. The highest BCUT2D eigenvalue weighted by molar-refractivity contribution is 7.87. The molecule has 0 fully saturated rings. The Bertz CT molecular complexity index is 1490. The number of hydrogen-bond acceptors (Lipinski definition) is 8. The van der Waals surface area contributed by atoms with E-state index in [1.807, 2.05) is 24.3 Å². The zero-order valence-corrected chi connectivity index (χ0v) is 21.7. The third-order valence-electron chi connectivity index (χ3n) is 5.79. The molecule has 2 N–H and O–H groups in total. The predicted molar refractivity (Wildman–Crippen MR) is 144 cm³/mol. The molecule has 9 heteroatoms. The molecule has 0 aliphatic rings. The highest BCUT2D eigenvalue weighted by atomic mass is 32.2. The van der Waals surface area contributed by atoms with Crippen LogP contribution in [-0.4, -0.2) is 26.4 Å². The lowest BCUT2D eigenvalue weighted by Gasteiger charge is -2.22. The molecular weight excluding hydrogens is 518 g/mol. The van der Waals surface area contributed by atoms with E-state index in [-0.39, 0.29) is 29.4 Å². The van der Waals surface area contributed by atoms with E-state index in [2.05, 4.69) is 0 Å². The standard InChI is InChI=1S/C30H27NO7S/c31-28(30(33)37-21-23-13-6-2-7-14-23)27(29(32)36-20-22-11-4-1-5-12-22)24-15-10-16-25(19-24)38-39(34,35)26-17-8-3-9-18-26/h1-19,27-28H,20-21,31H2. The second kappa shape index (κ2) is 12.9. The molecule has 0 bridgehead atoms. The Morgan fingerprint density at radius 3 is 1.74 bits per heavy atom. The van der Waals surface area contributed by atoms with Gasteiger partial charge in [0.15, 0.2) is 0 Å². The Labute approximate surface area is 227 Å². The zero-order valence-electron chi connectivity index (χ0n) is 20.9. The van der Waals surface area contributed by atoms with Gasteiger partial charge in [-0.15, -0.1) is 0 Å². The summed E-state index contributed by atoms with van der Waals surface area (Å²) < 4.78 is 41.6. The Balaban J connectivity index is 1.57. The molecule has 0 aliphatic heterocycles. The topological polar surface area (TPSA) is 122 Å². The van der Waals surface area contributed by atoms with Gasteiger partial charge in [0.25, 0.3) is 0 Å². The van der Waals surface area contributed by atoms with E-state index < -0.39 is 34.0 Å². The predicted octanol–water partition coefficient (Wildman–Crippen LogP) is 4.35. The maximum absolute atomic E-state index is 13.3. The largest absolute Gasteiger partial charge is 0.460 e. The van der Waals surface area contributed by atoms with Crippen LogP contribution in [0.5, 0.6) is 5.75 Å². The molecule has 0 spiro atoms. The van der Waals surface area contributed by atoms with Gasteiger partial charge in [0.05, 0.1) is 0 Å². The van der Waals surface area contributed by atoms with Crippen LogP contribution < -0.4 is 9.92 Å². The van der Waals surface area contributed by atoms with E-state index in [4.69, 9.17) is 19.4 Å². The van der Waals surface area contributed by atoms with Crippen LogP contribution in [0.2, 0.25) is 0 Å². The molecule has 0 aliphatic carbocycles. The van der Waals surface area contributed by atoms with Gasteiger partial charge in [-0.05, 0) is 41.0 Å². The average Bonchev–Trinajstić information content (AvgIpc) is 2.96. The summed E-state index contributed by atoms with van der Waals surface area (Å²) >= 11 is 0. The van der Waals surface area contributed by atoms with Gasteiger partial charge in [-0.2, -0.15) is 8.42 Å². The molecule has 4 aromatic carbocycles. The lowest BCUT2D eigenvalue weighted by atomic mass is 9.91. The first kappa shape index (κ1) is 27.6. The van der Waals surface area contributed by atoms with E-state index in [0.29, 0.717) is 0 Å². The Hall–Kier alpha value is -4.47. The van der Waals surface area contributed by atoms with Crippen molar-refractivity contribution in [1.82, 2.24) is 0 Å². The van der Waals surface area contributed by atoms with Gasteiger partial charge in [-0.3, -0.25) is 9.59 Å². The van der Waals surface area contributed by atoms with Crippen molar-refractivity contribution in [3.05, 3.63) is 132 Å². The number of rotatable bonds is 11. The Kier molecular flexibility index (Phi) is 9.09. The summed E-state index contributed by atoms with van der Waals surface area (Å²) in [6.45, 7) is -0.0713. The van der Waals surface area contributed by atoms with Crippen molar-refractivity contribution in [2.24, 2.45) is 5.73 Å². The van der Waals surface area contributed by atoms with Gasteiger partial charge in [0.1, 0.15) is 35.8 Å². The number of carbonyl (C=O) groups excluding carboxylic acids is 2. The average molecular weight is 546 g/mol. The van der Waals surface area contributed by atoms with Crippen LogP contribution in [0.25, 0.3) is 0 Å². The second-order valence-electron chi connectivity index (χ2n) is 8.61. The highest BCUT2D eigenvalue weighted by Crippen LogP contribution is 2.28. The smallest absolute Gasteiger partial charge is 0.339 e. The van der Waals surface area contributed by atoms with Crippen molar-refractivity contribution in [2.75, 3.05) is 0 Å². The molecule has 0 saturated heterocycles. The molecule has 0 saturated carbocycles. The van der Waals surface area contributed by atoms with Crippen molar-refractivity contribution in [2.45, 2.75) is 30.1 Å². The molecular formula is C30H27NO7S. The van der Waals surface area contributed by atoms with Gasteiger partial charge in [0.2, 0.25) is 0 Å². The van der Waals surface area contributed by atoms with Gasteiger partial charge >= 0.3 is 22.1 Å². The summed E-state index contributed by atoms with van der Waals surface area (Å²) in [5.41, 5.74) is 7.99. The maximum atomic E-state index is 13.3. The van der Waals surface area contributed by atoms with Crippen molar-refractivity contribution in [3.63, 3.8) is 0 Å². The molecule has 2 unspecified atom stereocenters. The molecule has 8 nitrogen and oxygen atoms in total. The first-order valence-electron chi connectivity index (χ1n) is 12.1. The van der Waals surface area contributed by atoms with E-state index in [1.54, 1.807) is 60.7 Å². The number of esters is 2. The molecule has 39 heavy (non-hydrogen) atoms. The minimum Gasteiger partial charge on any atom is -0.460 e. The normalized spacial score (nSPS) is 12.6. The number of carbonyl (C=O) groups is 2. The fraction of sp³-hybridized carbons (Fsp3) is 0.133. The van der Waals surface area contributed by atoms with Crippen LogP contribution in [-0.2, 0) is 42.4 Å². The number of benzene rings is 4. The number of nitrogens with two attached hydrogens (primary N) is 1. The van der Waals surface area contributed by atoms with Crippen LogP contribution in [0.15, 0.2) is 120 Å². The molecule has 2 atom stereocenters. The Morgan fingerprint density at radius 2 is 1.18 bits per heavy atom. The van der Waals surface area contributed by atoms with E-state index in [0.717, 1.165) is 11.1 Å². The van der Waals surface area contributed by atoms with Crippen LogP contribution in [0, 0.1) is 0 Å². The monoisotopic (exact) mass is 545 g/mol. The van der Waals surface area contributed by atoms with Crippen LogP contribution in [0.1, 0.15) is 22.6 Å². The van der Waals surface area contributed by atoms with Gasteiger partial charge < -0.3 is 19.4 Å². The SMILES string of the molecule is NC(C(=O)OCc1ccccc1)C(C(=O)OCc1ccccc1)c1cccc(OS(=O)(=O)c2ccccc2)c1. The Morgan fingerprint density at radius 1 is 0.667 bits per heavy atom. The third-order valence-corrected chi connectivity index (χ3v) is 7.05. The van der Waals surface area contributed by atoms with Gasteiger partial charge in [-0.1, -0.05) is 91.0 Å². The third kappa shape index (κ3) is 7.53. The molecule has 4 rings (SSSR count). The summed E-state index contributed by atoms with van der Waals surface area (Å²) in [6.07, 6.45) is 0. The van der Waals surface area contributed by atoms with Crippen LogP contribution >= 0.6 is 0 Å². The fourth-order valence-electron chi connectivity index (χ4n) is 3.79. The van der Waals surface area contributed by atoms with Crippen molar-refractivity contribution >= 4 is 22.1 Å². The maximum Gasteiger partial charge on any atom is 0.339 e.